The summed E-state index contributed by atoms with van der Waals surface area (Å²) in [5.74, 6) is 1.94. The second-order valence-electron chi connectivity index (χ2n) is 2.97. The summed E-state index contributed by atoms with van der Waals surface area (Å²) >= 11 is 0. The predicted molar refractivity (Wildman–Crippen MR) is 58.2 cm³/mol. The van der Waals surface area contributed by atoms with Gasteiger partial charge in [0.05, 0.1) is 0 Å². The number of carbonyl (C=O) groups excluding carboxylic acids is 2. The first-order valence-corrected chi connectivity index (χ1v) is 4.56. The zero-order valence-electron chi connectivity index (χ0n) is 8.73. The van der Waals surface area contributed by atoms with E-state index < -0.39 is 11.9 Å². The molecule has 0 saturated heterocycles. The number of aromatic nitrogens is 1. The maximum Gasteiger partial charge on any atom is 0.248 e. The van der Waals surface area contributed by atoms with Crippen LogP contribution in [0.4, 0.5) is 0 Å². The zero-order valence-corrected chi connectivity index (χ0v) is 8.73. The molecule has 0 aliphatic carbocycles. The van der Waals surface area contributed by atoms with Gasteiger partial charge in [0.2, 0.25) is 12.3 Å². The number of carbonyl (C=O) groups is 2. The van der Waals surface area contributed by atoms with Gasteiger partial charge in [-0.2, -0.15) is 0 Å². The first-order chi connectivity index (χ1) is 7.72. The Hall–Kier alpha value is -2.19. The number of nitrogens with zero attached hydrogens (tertiary/aromatic N) is 1. The average molecular weight is 217 g/mol. The number of amides is 2. The van der Waals surface area contributed by atoms with Gasteiger partial charge in [-0.25, -0.2) is 4.98 Å². The first-order valence-electron chi connectivity index (χ1n) is 4.56. The van der Waals surface area contributed by atoms with Gasteiger partial charge in [0.1, 0.15) is 11.7 Å². The van der Waals surface area contributed by atoms with Crippen molar-refractivity contribution in [1.82, 2.24) is 15.6 Å². The molecule has 0 aliphatic heterocycles. The van der Waals surface area contributed by atoms with Crippen molar-refractivity contribution in [3.05, 3.63) is 29.6 Å². The average Bonchev–Trinajstić information content (AvgIpc) is 2.31. The number of likely N-dealkylation sites (N-methyl/N-ethyl adjacent to an activating group) is 1. The van der Waals surface area contributed by atoms with E-state index in [4.69, 9.17) is 6.42 Å². The van der Waals surface area contributed by atoms with Crippen LogP contribution in [0.1, 0.15) is 17.3 Å². The van der Waals surface area contributed by atoms with Crippen molar-refractivity contribution in [1.29, 1.82) is 0 Å². The van der Waals surface area contributed by atoms with E-state index in [1.54, 1.807) is 19.2 Å². The van der Waals surface area contributed by atoms with Crippen LogP contribution in [0.15, 0.2) is 18.3 Å². The molecule has 0 aromatic carbocycles. The van der Waals surface area contributed by atoms with E-state index in [-0.39, 0.29) is 0 Å². The summed E-state index contributed by atoms with van der Waals surface area (Å²) in [4.78, 5) is 25.6. The quantitative estimate of drug-likeness (QED) is 0.531. The normalized spacial score (nSPS) is 11.2. The minimum absolute atomic E-state index is 0.343. The molecule has 0 saturated carbocycles. The van der Waals surface area contributed by atoms with Gasteiger partial charge in [-0.3, -0.25) is 14.9 Å². The van der Waals surface area contributed by atoms with E-state index in [0.29, 0.717) is 17.7 Å². The largest absolute Gasteiger partial charge is 0.305 e. The Morgan fingerprint density at radius 2 is 2.38 bits per heavy atom. The van der Waals surface area contributed by atoms with Crippen molar-refractivity contribution in [2.24, 2.45) is 0 Å². The lowest BCUT2D eigenvalue weighted by atomic mass is 10.1. The van der Waals surface area contributed by atoms with E-state index in [1.165, 1.54) is 6.20 Å². The highest BCUT2D eigenvalue weighted by molar-refractivity contribution is 5.90. The number of hydrogen-bond acceptors (Lipinski definition) is 4. The molecular weight excluding hydrogens is 206 g/mol. The van der Waals surface area contributed by atoms with Gasteiger partial charge < -0.3 is 5.32 Å². The Morgan fingerprint density at radius 1 is 1.62 bits per heavy atom. The van der Waals surface area contributed by atoms with Gasteiger partial charge in [0, 0.05) is 6.20 Å². The summed E-state index contributed by atoms with van der Waals surface area (Å²) in [6.45, 7) is 0. The van der Waals surface area contributed by atoms with Crippen LogP contribution in [-0.2, 0) is 9.59 Å². The van der Waals surface area contributed by atoms with Crippen LogP contribution in [-0.4, -0.2) is 24.3 Å². The third-order valence-corrected chi connectivity index (χ3v) is 2.02. The van der Waals surface area contributed by atoms with Gasteiger partial charge >= 0.3 is 0 Å². The zero-order chi connectivity index (χ0) is 12.0. The van der Waals surface area contributed by atoms with Crippen LogP contribution in [0, 0.1) is 12.3 Å². The molecule has 0 fully saturated rings. The van der Waals surface area contributed by atoms with Crippen molar-refractivity contribution in [2.45, 2.75) is 6.04 Å². The van der Waals surface area contributed by atoms with Crippen molar-refractivity contribution in [3.8, 4) is 12.3 Å². The fraction of sp³-hybridized carbons (Fsp3) is 0.182. The lowest BCUT2D eigenvalue weighted by Crippen LogP contribution is -2.35. The second kappa shape index (κ2) is 5.63. The molecule has 1 rings (SSSR count). The molecule has 2 N–H and O–H groups in total. The summed E-state index contributed by atoms with van der Waals surface area (Å²) < 4.78 is 0. The molecule has 2 amide bonds. The molecule has 1 atom stereocenters. The van der Waals surface area contributed by atoms with Gasteiger partial charge in [-0.15, -0.1) is 6.42 Å². The monoisotopic (exact) mass is 217 g/mol. The number of rotatable bonds is 4. The molecule has 1 heterocycles. The van der Waals surface area contributed by atoms with Gasteiger partial charge in [-0.05, 0) is 18.7 Å². The van der Waals surface area contributed by atoms with E-state index >= 15 is 0 Å². The van der Waals surface area contributed by atoms with E-state index in [0.717, 1.165) is 0 Å². The van der Waals surface area contributed by atoms with Crippen LogP contribution in [0.2, 0.25) is 0 Å². The third-order valence-electron chi connectivity index (χ3n) is 2.02. The van der Waals surface area contributed by atoms with Crippen molar-refractivity contribution < 1.29 is 9.59 Å². The highest BCUT2D eigenvalue weighted by Crippen LogP contribution is 2.11. The second-order valence-corrected chi connectivity index (χ2v) is 2.97. The molecule has 1 aromatic heterocycles. The Bertz CT molecular complexity index is 420. The number of imide groups is 1. The number of pyridine rings is 1. The first kappa shape index (κ1) is 11.9. The maximum absolute atomic E-state index is 11.5. The highest BCUT2D eigenvalue weighted by Gasteiger charge is 2.18. The molecule has 0 aliphatic rings. The Morgan fingerprint density at radius 3 is 2.81 bits per heavy atom. The fourth-order valence-electron chi connectivity index (χ4n) is 1.25. The number of nitrogens with one attached hydrogen (secondary N) is 2. The van der Waals surface area contributed by atoms with Crippen LogP contribution in [0.25, 0.3) is 0 Å². The molecule has 82 valence electrons. The summed E-state index contributed by atoms with van der Waals surface area (Å²) in [5.41, 5.74) is 1.13. The van der Waals surface area contributed by atoms with Crippen LogP contribution < -0.4 is 10.6 Å². The van der Waals surface area contributed by atoms with Gasteiger partial charge in [-0.1, -0.05) is 12.0 Å². The van der Waals surface area contributed by atoms with Crippen LogP contribution in [0.3, 0.4) is 0 Å². The van der Waals surface area contributed by atoms with Crippen molar-refractivity contribution in [2.75, 3.05) is 7.05 Å². The van der Waals surface area contributed by atoms with E-state index in [9.17, 15) is 9.59 Å². The molecule has 0 radical (unpaired) electrons. The molecular formula is C11H11N3O2. The minimum atomic E-state index is -0.621. The lowest BCUT2D eigenvalue weighted by molar-refractivity contribution is -0.126. The summed E-state index contributed by atoms with van der Waals surface area (Å²) in [5, 5.41) is 4.85. The smallest absolute Gasteiger partial charge is 0.248 e. The topological polar surface area (TPSA) is 71.1 Å². The molecule has 0 spiro atoms. The van der Waals surface area contributed by atoms with Crippen LogP contribution >= 0.6 is 0 Å². The molecule has 1 aromatic rings. The highest BCUT2D eigenvalue weighted by atomic mass is 16.2. The summed E-state index contributed by atoms with van der Waals surface area (Å²) in [6.07, 6.45) is 7.01. The van der Waals surface area contributed by atoms with Gasteiger partial charge in [0.15, 0.2) is 0 Å². The summed E-state index contributed by atoms with van der Waals surface area (Å²) in [7, 11) is 1.62. The standard InChI is InChI=1S/C11H11N3O2/c1-3-9-5-4-8(6-13-9)10(12-2)11(16)14-7-15/h1,4-7,10,12H,2H3,(H,14,15,16). The lowest BCUT2D eigenvalue weighted by Gasteiger charge is -2.13. The minimum Gasteiger partial charge on any atom is -0.305 e. The van der Waals surface area contributed by atoms with Crippen molar-refractivity contribution in [3.63, 3.8) is 0 Å². The molecule has 16 heavy (non-hydrogen) atoms. The summed E-state index contributed by atoms with van der Waals surface area (Å²) in [6, 6.07) is 2.70. The van der Waals surface area contributed by atoms with Crippen molar-refractivity contribution >= 4 is 12.3 Å². The van der Waals surface area contributed by atoms with Gasteiger partial charge in [0.25, 0.3) is 0 Å². The third kappa shape index (κ3) is 2.65. The molecule has 1 unspecified atom stereocenters. The Kier molecular flexibility index (Phi) is 4.18. The molecule has 0 bridgehead atoms. The predicted octanol–water partition coefficient (Wildman–Crippen LogP) is -0.404. The van der Waals surface area contributed by atoms with Crippen LogP contribution in [0.5, 0.6) is 0 Å². The number of terminal acetylenes is 1. The SMILES string of the molecule is C#Cc1ccc(C(NC)C(=O)NC=O)cn1. The molecule has 5 heteroatoms. The molecule has 5 nitrogen and oxygen atoms in total. The maximum atomic E-state index is 11.5. The Labute approximate surface area is 93.3 Å². The number of hydrogen-bond donors (Lipinski definition) is 2. The van der Waals surface area contributed by atoms with E-state index in [2.05, 4.69) is 21.5 Å². The Balaban J connectivity index is 2.91. The fourth-order valence-corrected chi connectivity index (χ4v) is 1.25. The van der Waals surface area contributed by atoms with E-state index in [1.807, 2.05) is 0 Å².